The minimum atomic E-state index is -0.169. The van der Waals surface area contributed by atoms with Crippen LogP contribution in [-0.2, 0) is 16.0 Å². The number of fused-ring (bicyclic) bond motifs is 1. The third kappa shape index (κ3) is 4.89. The lowest BCUT2D eigenvalue weighted by Crippen LogP contribution is -2.28. The van der Waals surface area contributed by atoms with Crippen LogP contribution in [0.2, 0.25) is 5.02 Å². The minimum Gasteiger partial charge on any atom is -0.464 e. The van der Waals surface area contributed by atoms with Crippen LogP contribution in [0.15, 0.2) is 47.1 Å². The Kier molecular flexibility index (Phi) is 5.81. The van der Waals surface area contributed by atoms with Gasteiger partial charge in [-0.05, 0) is 49.2 Å². The summed E-state index contributed by atoms with van der Waals surface area (Å²) in [5.74, 6) is -0.310. The summed E-state index contributed by atoms with van der Waals surface area (Å²) in [4.78, 5) is 24.1. The zero-order valence-electron chi connectivity index (χ0n) is 15.3. The van der Waals surface area contributed by atoms with Gasteiger partial charge in [-0.15, -0.1) is 0 Å². The van der Waals surface area contributed by atoms with E-state index in [9.17, 15) is 9.59 Å². The molecule has 1 heterocycles. The Morgan fingerprint density at radius 2 is 1.93 bits per heavy atom. The molecule has 0 spiro atoms. The lowest BCUT2D eigenvalue weighted by molar-refractivity contribution is -0.120. The number of benzene rings is 2. The quantitative estimate of drug-likeness (QED) is 0.662. The van der Waals surface area contributed by atoms with Gasteiger partial charge >= 0.3 is 0 Å². The molecular formula is C21H21ClN2O3. The Bertz CT molecular complexity index is 994. The van der Waals surface area contributed by atoms with E-state index >= 15 is 0 Å². The Balaban J connectivity index is 1.50. The van der Waals surface area contributed by atoms with Crippen molar-refractivity contribution in [3.63, 3.8) is 0 Å². The number of furan rings is 1. The molecule has 6 heteroatoms. The van der Waals surface area contributed by atoms with Gasteiger partial charge in [0.25, 0.3) is 0 Å². The third-order valence-electron chi connectivity index (χ3n) is 4.26. The Hall–Kier alpha value is -2.79. The molecule has 3 aromatic rings. The molecule has 0 unspecified atom stereocenters. The smallest absolute Gasteiger partial charge is 0.226 e. The summed E-state index contributed by atoms with van der Waals surface area (Å²) in [7, 11) is 0. The summed E-state index contributed by atoms with van der Waals surface area (Å²) in [5.41, 5.74) is 4.23. The molecule has 5 nitrogen and oxygen atoms in total. The van der Waals surface area contributed by atoms with Crippen molar-refractivity contribution >= 4 is 40.1 Å². The van der Waals surface area contributed by atoms with E-state index in [-0.39, 0.29) is 31.2 Å². The van der Waals surface area contributed by atoms with Crippen molar-refractivity contribution in [1.29, 1.82) is 0 Å². The molecule has 0 radical (unpaired) electrons. The second kappa shape index (κ2) is 8.27. The van der Waals surface area contributed by atoms with Crippen molar-refractivity contribution in [3.8, 4) is 0 Å². The molecule has 0 aliphatic carbocycles. The van der Waals surface area contributed by atoms with E-state index in [0.29, 0.717) is 10.6 Å². The second-order valence-corrected chi connectivity index (χ2v) is 6.96. The molecule has 3 rings (SSSR count). The number of halogens is 1. The van der Waals surface area contributed by atoms with Gasteiger partial charge in [0.1, 0.15) is 5.58 Å². The number of anilines is 1. The first-order chi connectivity index (χ1) is 12.9. The van der Waals surface area contributed by atoms with Crippen molar-refractivity contribution in [2.24, 2.45) is 0 Å². The monoisotopic (exact) mass is 384 g/mol. The second-order valence-electron chi connectivity index (χ2n) is 6.55. The summed E-state index contributed by atoms with van der Waals surface area (Å²) in [5, 5.41) is 7.05. The van der Waals surface area contributed by atoms with E-state index in [4.69, 9.17) is 16.0 Å². The Morgan fingerprint density at radius 3 is 2.70 bits per heavy atom. The number of aryl methyl sites for hydroxylation is 2. The predicted octanol–water partition coefficient (Wildman–Crippen LogP) is 4.39. The molecule has 2 amide bonds. The van der Waals surface area contributed by atoms with E-state index in [1.807, 2.05) is 50.2 Å². The highest BCUT2D eigenvalue weighted by molar-refractivity contribution is 6.32. The molecule has 0 saturated carbocycles. The molecule has 0 atom stereocenters. The van der Waals surface area contributed by atoms with Gasteiger partial charge in [-0.3, -0.25) is 9.59 Å². The SMILES string of the molecule is Cc1cccc(NC(=O)CCNC(=O)Cc2coc3cc(C)c(Cl)cc23)c1. The van der Waals surface area contributed by atoms with Crippen LogP contribution in [0.25, 0.3) is 11.0 Å². The standard InChI is InChI=1S/C21H21ClN2O3/c1-13-4-3-5-16(8-13)24-20(25)6-7-23-21(26)10-15-12-27-19-9-14(2)18(22)11-17(15)19/h3-5,8-9,11-12H,6-7,10H2,1-2H3,(H,23,26)(H,24,25). The number of nitrogens with one attached hydrogen (secondary N) is 2. The highest BCUT2D eigenvalue weighted by atomic mass is 35.5. The van der Waals surface area contributed by atoms with Gasteiger partial charge in [-0.1, -0.05) is 23.7 Å². The molecule has 1 aromatic heterocycles. The van der Waals surface area contributed by atoms with Gasteiger partial charge in [-0.25, -0.2) is 0 Å². The summed E-state index contributed by atoms with van der Waals surface area (Å²) < 4.78 is 5.50. The van der Waals surface area contributed by atoms with Crippen molar-refractivity contribution < 1.29 is 14.0 Å². The number of rotatable bonds is 6. The average molecular weight is 385 g/mol. The Labute approximate surface area is 162 Å². The number of amides is 2. The zero-order chi connectivity index (χ0) is 19.4. The fraction of sp³-hybridized carbons (Fsp3) is 0.238. The van der Waals surface area contributed by atoms with Crippen LogP contribution in [0.5, 0.6) is 0 Å². The third-order valence-corrected chi connectivity index (χ3v) is 4.67. The number of carbonyl (C=O) groups excluding carboxylic acids is 2. The van der Waals surface area contributed by atoms with Crippen molar-refractivity contribution in [2.45, 2.75) is 26.7 Å². The molecule has 0 saturated heterocycles. The van der Waals surface area contributed by atoms with Crippen LogP contribution in [0, 0.1) is 13.8 Å². The molecular weight excluding hydrogens is 364 g/mol. The maximum absolute atomic E-state index is 12.2. The minimum absolute atomic E-state index is 0.142. The average Bonchev–Trinajstić information content (AvgIpc) is 2.97. The number of carbonyl (C=O) groups is 2. The van der Waals surface area contributed by atoms with Gasteiger partial charge < -0.3 is 15.1 Å². The molecule has 0 fully saturated rings. The van der Waals surface area contributed by atoms with Crippen molar-refractivity contribution in [2.75, 3.05) is 11.9 Å². The number of hydrogen-bond acceptors (Lipinski definition) is 3. The van der Waals surface area contributed by atoms with Crippen LogP contribution in [0.4, 0.5) is 5.69 Å². The fourth-order valence-corrected chi connectivity index (χ4v) is 3.00. The normalized spacial score (nSPS) is 10.8. The highest BCUT2D eigenvalue weighted by Gasteiger charge is 2.12. The first kappa shape index (κ1) is 19.0. The summed E-state index contributed by atoms with van der Waals surface area (Å²) in [6.07, 6.45) is 1.95. The van der Waals surface area contributed by atoms with E-state index in [0.717, 1.165) is 27.8 Å². The topological polar surface area (TPSA) is 71.3 Å². The zero-order valence-corrected chi connectivity index (χ0v) is 16.0. The summed E-state index contributed by atoms with van der Waals surface area (Å²) in [6, 6.07) is 11.2. The molecule has 0 bridgehead atoms. The van der Waals surface area contributed by atoms with Crippen LogP contribution in [0.3, 0.4) is 0 Å². The molecule has 140 valence electrons. The van der Waals surface area contributed by atoms with E-state index in [2.05, 4.69) is 10.6 Å². The molecule has 2 aromatic carbocycles. The first-order valence-electron chi connectivity index (χ1n) is 8.72. The number of hydrogen-bond donors (Lipinski definition) is 2. The lowest BCUT2D eigenvalue weighted by Gasteiger charge is -2.07. The van der Waals surface area contributed by atoms with Gasteiger partial charge in [0.2, 0.25) is 11.8 Å². The van der Waals surface area contributed by atoms with Gasteiger partial charge in [0.15, 0.2) is 0 Å². The Morgan fingerprint density at radius 1 is 1.11 bits per heavy atom. The van der Waals surface area contributed by atoms with E-state index in [1.165, 1.54) is 0 Å². The maximum Gasteiger partial charge on any atom is 0.226 e. The van der Waals surface area contributed by atoms with E-state index in [1.54, 1.807) is 6.26 Å². The van der Waals surface area contributed by atoms with E-state index < -0.39 is 0 Å². The van der Waals surface area contributed by atoms with Gasteiger partial charge in [0, 0.05) is 34.6 Å². The summed E-state index contributed by atoms with van der Waals surface area (Å²) >= 11 is 6.16. The van der Waals surface area contributed by atoms with Gasteiger partial charge in [-0.2, -0.15) is 0 Å². The molecule has 0 aliphatic heterocycles. The highest BCUT2D eigenvalue weighted by Crippen LogP contribution is 2.27. The molecule has 27 heavy (non-hydrogen) atoms. The van der Waals surface area contributed by atoms with Crippen molar-refractivity contribution in [1.82, 2.24) is 5.32 Å². The molecule has 2 N–H and O–H groups in total. The fourth-order valence-electron chi connectivity index (χ4n) is 2.84. The van der Waals surface area contributed by atoms with Crippen molar-refractivity contribution in [3.05, 3.63) is 64.4 Å². The van der Waals surface area contributed by atoms with Crippen LogP contribution >= 0.6 is 11.6 Å². The van der Waals surface area contributed by atoms with Crippen LogP contribution in [-0.4, -0.2) is 18.4 Å². The van der Waals surface area contributed by atoms with Crippen LogP contribution < -0.4 is 10.6 Å². The first-order valence-corrected chi connectivity index (χ1v) is 9.09. The van der Waals surface area contributed by atoms with Crippen LogP contribution in [0.1, 0.15) is 23.1 Å². The molecule has 0 aliphatic rings. The van der Waals surface area contributed by atoms with Gasteiger partial charge in [0.05, 0.1) is 12.7 Å². The largest absolute Gasteiger partial charge is 0.464 e. The summed E-state index contributed by atoms with van der Waals surface area (Å²) in [6.45, 7) is 4.13. The lowest BCUT2D eigenvalue weighted by atomic mass is 10.1. The maximum atomic E-state index is 12.2. The predicted molar refractivity (Wildman–Crippen MR) is 107 cm³/mol.